The molecule has 0 saturated carbocycles. The third-order valence-corrected chi connectivity index (χ3v) is 6.48. The SMILES string of the molecule is CC(C)c1ccc(-n2c(SCC(=O)NCCc3ccc(F)cc3)nc3ccccc3c2=O)cc1. The molecule has 0 saturated heterocycles. The Morgan fingerprint density at radius 1 is 1.03 bits per heavy atom. The summed E-state index contributed by atoms with van der Waals surface area (Å²) in [5.74, 6) is 0.0688. The largest absolute Gasteiger partial charge is 0.355 e. The van der Waals surface area contributed by atoms with Crippen LogP contribution in [0, 0.1) is 5.82 Å². The predicted octanol–water partition coefficient (Wildman–Crippen LogP) is 5.10. The van der Waals surface area contributed by atoms with Crippen LogP contribution >= 0.6 is 11.8 Å². The Morgan fingerprint density at radius 3 is 2.44 bits per heavy atom. The van der Waals surface area contributed by atoms with Crippen molar-refractivity contribution in [2.75, 3.05) is 12.3 Å². The van der Waals surface area contributed by atoms with Gasteiger partial charge in [0, 0.05) is 6.54 Å². The van der Waals surface area contributed by atoms with Gasteiger partial charge in [0.2, 0.25) is 5.91 Å². The van der Waals surface area contributed by atoms with Gasteiger partial charge < -0.3 is 5.32 Å². The second-order valence-corrected chi connectivity index (χ2v) is 9.26. The van der Waals surface area contributed by atoms with Crippen molar-refractivity contribution in [2.24, 2.45) is 0 Å². The zero-order valence-corrected chi connectivity index (χ0v) is 19.9. The molecule has 1 heterocycles. The summed E-state index contributed by atoms with van der Waals surface area (Å²) in [6.07, 6.45) is 0.609. The first kappa shape index (κ1) is 23.7. The summed E-state index contributed by atoms with van der Waals surface area (Å²) < 4.78 is 14.6. The number of halogens is 1. The fraction of sp³-hybridized carbons (Fsp3) is 0.222. The number of hydrogen-bond donors (Lipinski definition) is 1. The van der Waals surface area contributed by atoms with Crippen molar-refractivity contribution >= 4 is 28.6 Å². The lowest BCUT2D eigenvalue weighted by Gasteiger charge is -2.14. The lowest BCUT2D eigenvalue weighted by atomic mass is 10.0. The van der Waals surface area contributed by atoms with E-state index in [-0.39, 0.29) is 23.0 Å². The zero-order chi connectivity index (χ0) is 24.1. The summed E-state index contributed by atoms with van der Waals surface area (Å²) in [6.45, 7) is 4.68. The normalized spacial score (nSPS) is 11.2. The third kappa shape index (κ3) is 5.54. The highest BCUT2D eigenvalue weighted by molar-refractivity contribution is 7.99. The first-order chi connectivity index (χ1) is 16.4. The minimum Gasteiger partial charge on any atom is -0.355 e. The molecular weight excluding hydrogens is 449 g/mol. The van der Waals surface area contributed by atoms with Crippen LogP contribution in [0.25, 0.3) is 16.6 Å². The Hall–Kier alpha value is -3.45. The molecule has 7 heteroatoms. The zero-order valence-electron chi connectivity index (χ0n) is 19.1. The van der Waals surface area contributed by atoms with Crippen molar-refractivity contribution in [3.8, 4) is 5.69 Å². The molecule has 4 aromatic rings. The molecular formula is C27H26FN3O2S. The van der Waals surface area contributed by atoms with Crippen LogP contribution in [0.1, 0.15) is 30.9 Å². The van der Waals surface area contributed by atoms with Crippen molar-refractivity contribution in [1.29, 1.82) is 0 Å². The van der Waals surface area contributed by atoms with Crippen LogP contribution in [0.4, 0.5) is 4.39 Å². The molecule has 0 spiro atoms. The van der Waals surface area contributed by atoms with Gasteiger partial charge in [-0.25, -0.2) is 9.37 Å². The van der Waals surface area contributed by atoms with Crippen LogP contribution < -0.4 is 10.9 Å². The van der Waals surface area contributed by atoms with Gasteiger partial charge in [0.15, 0.2) is 5.16 Å². The van der Waals surface area contributed by atoms with Gasteiger partial charge >= 0.3 is 0 Å². The molecule has 0 aliphatic rings. The quantitative estimate of drug-likeness (QED) is 0.285. The number of rotatable bonds is 8. The number of fused-ring (bicyclic) bond motifs is 1. The molecule has 1 N–H and O–H groups in total. The van der Waals surface area contributed by atoms with Gasteiger partial charge in [-0.1, -0.05) is 62.0 Å². The number of nitrogens with one attached hydrogen (secondary N) is 1. The van der Waals surface area contributed by atoms with Crippen molar-refractivity contribution in [1.82, 2.24) is 14.9 Å². The standard InChI is InChI=1S/C27H26FN3O2S/c1-18(2)20-9-13-22(14-10-20)31-26(33)23-5-3-4-6-24(23)30-27(31)34-17-25(32)29-16-15-19-7-11-21(28)12-8-19/h3-14,18H,15-17H2,1-2H3,(H,29,32). The third-order valence-electron chi connectivity index (χ3n) is 5.54. The molecule has 0 atom stereocenters. The number of benzene rings is 3. The molecule has 1 aromatic heterocycles. The van der Waals surface area contributed by atoms with Crippen LogP contribution in [-0.4, -0.2) is 27.8 Å². The number of carbonyl (C=O) groups is 1. The number of hydrogen-bond acceptors (Lipinski definition) is 4. The van der Waals surface area contributed by atoms with Crippen molar-refractivity contribution in [3.05, 3.63) is 100 Å². The maximum Gasteiger partial charge on any atom is 0.266 e. The average Bonchev–Trinajstić information content (AvgIpc) is 2.84. The predicted molar refractivity (Wildman–Crippen MR) is 135 cm³/mol. The van der Waals surface area contributed by atoms with Crippen molar-refractivity contribution in [2.45, 2.75) is 31.3 Å². The van der Waals surface area contributed by atoms with Gasteiger partial charge in [0.05, 0.1) is 22.3 Å². The average molecular weight is 476 g/mol. The number of thioether (sulfide) groups is 1. The molecule has 0 aliphatic carbocycles. The molecule has 0 fully saturated rings. The number of aromatic nitrogens is 2. The summed E-state index contributed by atoms with van der Waals surface area (Å²) in [7, 11) is 0. The lowest BCUT2D eigenvalue weighted by Crippen LogP contribution is -2.28. The molecule has 34 heavy (non-hydrogen) atoms. The second kappa shape index (κ2) is 10.7. The van der Waals surface area contributed by atoms with Crippen molar-refractivity contribution in [3.63, 3.8) is 0 Å². The van der Waals surface area contributed by atoms with Crippen LogP contribution in [-0.2, 0) is 11.2 Å². The molecule has 0 aliphatic heterocycles. The van der Waals surface area contributed by atoms with Crippen molar-refractivity contribution < 1.29 is 9.18 Å². The van der Waals surface area contributed by atoms with Gasteiger partial charge in [-0.15, -0.1) is 0 Å². The Labute approximate surface area is 202 Å². The summed E-state index contributed by atoms with van der Waals surface area (Å²) in [4.78, 5) is 30.5. The molecule has 0 bridgehead atoms. The summed E-state index contributed by atoms with van der Waals surface area (Å²) >= 11 is 1.23. The number of amides is 1. The highest BCUT2D eigenvalue weighted by Gasteiger charge is 2.15. The number of nitrogens with zero attached hydrogens (tertiary/aromatic N) is 2. The van der Waals surface area contributed by atoms with Crippen LogP contribution in [0.15, 0.2) is 82.7 Å². The Balaban J connectivity index is 1.52. The minimum atomic E-state index is -0.281. The van der Waals surface area contributed by atoms with Gasteiger partial charge in [-0.05, 0) is 59.9 Å². The first-order valence-electron chi connectivity index (χ1n) is 11.2. The van der Waals surface area contributed by atoms with E-state index in [0.717, 1.165) is 5.56 Å². The number of para-hydroxylation sites is 1. The summed E-state index contributed by atoms with van der Waals surface area (Å²) in [6, 6.07) is 21.3. The maximum atomic E-state index is 13.3. The molecule has 0 radical (unpaired) electrons. The van der Waals surface area contributed by atoms with Gasteiger partial charge in [-0.3, -0.25) is 14.2 Å². The lowest BCUT2D eigenvalue weighted by molar-refractivity contribution is -0.118. The Kier molecular flexibility index (Phi) is 7.43. The maximum absolute atomic E-state index is 13.3. The molecule has 0 unspecified atom stereocenters. The first-order valence-corrected chi connectivity index (χ1v) is 12.2. The Bertz CT molecular complexity index is 1350. The van der Waals surface area contributed by atoms with Crippen LogP contribution in [0.2, 0.25) is 0 Å². The minimum absolute atomic E-state index is 0.123. The summed E-state index contributed by atoms with van der Waals surface area (Å²) in [5, 5.41) is 3.88. The van der Waals surface area contributed by atoms with E-state index < -0.39 is 0 Å². The van der Waals surface area contributed by atoms with E-state index in [2.05, 4.69) is 24.1 Å². The molecule has 174 valence electrons. The van der Waals surface area contributed by atoms with Crippen LogP contribution in [0.5, 0.6) is 0 Å². The molecule has 4 rings (SSSR count). The fourth-order valence-electron chi connectivity index (χ4n) is 3.62. The van der Waals surface area contributed by atoms with E-state index in [1.165, 1.54) is 29.5 Å². The highest BCUT2D eigenvalue weighted by Crippen LogP contribution is 2.23. The highest BCUT2D eigenvalue weighted by atomic mass is 32.2. The monoisotopic (exact) mass is 475 g/mol. The second-order valence-electron chi connectivity index (χ2n) is 8.31. The van der Waals surface area contributed by atoms with E-state index in [1.54, 1.807) is 28.8 Å². The van der Waals surface area contributed by atoms with E-state index in [0.29, 0.717) is 40.6 Å². The van der Waals surface area contributed by atoms with Gasteiger partial charge in [0.1, 0.15) is 5.82 Å². The smallest absolute Gasteiger partial charge is 0.266 e. The van der Waals surface area contributed by atoms with E-state index in [1.807, 2.05) is 36.4 Å². The van der Waals surface area contributed by atoms with E-state index in [4.69, 9.17) is 0 Å². The number of carbonyl (C=O) groups excluding carboxylic acids is 1. The Morgan fingerprint density at radius 2 is 1.74 bits per heavy atom. The fourth-order valence-corrected chi connectivity index (χ4v) is 4.47. The van der Waals surface area contributed by atoms with Crippen LogP contribution in [0.3, 0.4) is 0 Å². The molecule has 5 nitrogen and oxygen atoms in total. The van der Waals surface area contributed by atoms with E-state index in [9.17, 15) is 14.0 Å². The summed E-state index contributed by atoms with van der Waals surface area (Å²) in [5.41, 5.74) is 3.28. The van der Waals surface area contributed by atoms with E-state index >= 15 is 0 Å². The topological polar surface area (TPSA) is 64.0 Å². The van der Waals surface area contributed by atoms with Gasteiger partial charge in [0.25, 0.3) is 5.56 Å². The molecule has 3 aromatic carbocycles. The molecule has 1 amide bonds. The van der Waals surface area contributed by atoms with Gasteiger partial charge in [-0.2, -0.15) is 0 Å².